The van der Waals surface area contributed by atoms with Crippen molar-refractivity contribution >= 4 is 41.0 Å². The fourth-order valence-corrected chi connectivity index (χ4v) is 3.55. The van der Waals surface area contributed by atoms with E-state index in [0.717, 1.165) is 16.5 Å². The quantitative estimate of drug-likeness (QED) is 0.483. The van der Waals surface area contributed by atoms with Crippen LogP contribution in [0.25, 0.3) is 0 Å². The Hall–Kier alpha value is -3.65. The molecular weight excluding hydrogens is 436 g/mol. The van der Waals surface area contributed by atoms with E-state index in [1.165, 1.54) is 4.90 Å². The molecule has 2 aromatic rings. The highest BCUT2D eigenvalue weighted by Gasteiger charge is 2.43. The maximum Gasteiger partial charge on any atom is 0.328 e. The molecule has 8 nitrogen and oxygen atoms in total. The van der Waals surface area contributed by atoms with Gasteiger partial charge in [0.25, 0.3) is 5.91 Å². The lowest BCUT2D eigenvalue weighted by Crippen LogP contribution is -2.45. The van der Waals surface area contributed by atoms with Crippen LogP contribution in [0.3, 0.4) is 0 Å². The first kappa shape index (κ1) is 23.0. The summed E-state index contributed by atoms with van der Waals surface area (Å²) >= 11 is 5.89. The zero-order valence-electron chi connectivity index (χ0n) is 17.2. The van der Waals surface area contributed by atoms with Gasteiger partial charge in [0, 0.05) is 23.7 Å². The predicted molar refractivity (Wildman–Crippen MR) is 118 cm³/mol. The number of ether oxygens (including phenoxy) is 1. The van der Waals surface area contributed by atoms with Crippen LogP contribution in [-0.2, 0) is 25.6 Å². The zero-order chi connectivity index (χ0) is 23.3. The Morgan fingerprint density at radius 3 is 2.38 bits per heavy atom. The van der Waals surface area contributed by atoms with E-state index >= 15 is 0 Å². The number of amides is 3. The van der Waals surface area contributed by atoms with Gasteiger partial charge in [-0.05, 0) is 48.4 Å². The second kappa shape index (κ2) is 10.1. The SMILES string of the molecule is COc1ccc(CCN(C(=O)/C=C/C(=O)O)C2CC(=O)N(c3ccc(Cl)cc3)C2=O)cc1. The molecule has 1 aliphatic heterocycles. The number of carbonyl (C=O) groups excluding carboxylic acids is 3. The van der Waals surface area contributed by atoms with E-state index in [4.69, 9.17) is 21.4 Å². The number of benzene rings is 2. The highest BCUT2D eigenvalue weighted by molar-refractivity contribution is 6.31. The third-order valence-corrected chi connectivity index (χ3v) is 5.29. The first-order chi connectivity index (χ1) is 15.3. The Morgan fingerprint density at radius 2 is 1.78 bits per heavy atom. The van der Waals surface area contributed by atoms with E-state index in [-0.39, 0.29) is 13.0 Å². The van der Waals surface area contributed by atoms with E-state index in [1.54, 1.807) is 43.5 Å². The van der Waals surface area contributed by atoms with Crippen molar-refractivity contribution in [1.82, 2.24) is 4.90 Å². The summed E-state index contributed by atoms with van der Waals surface area (Å²) in [6.45, 7) is 0.118. The molecule has 32 heavy (non-hydrogen) atoms. The number of methoxy groups -OCH3 is 1. The van der Waals surface area contributed by atoms with Crippen LogP contribution in [0.2, 0.25) is 5.02 Å². The van der Waals surface area contributed by atoms with E-state index in [2.05, 4.69) is 0 Å². The van der Waals surface area contributed by atoms with Crippen LogP contribution in [-0.4, -0.2) is 53.4 Å². The van der Waals surface area contributed by atoms with Crippen LogP contribution in [0, 0.1) is 0 Å². The van der Waals surface area contributed by atoms with Gasteiger partial charge in [-0.3, -0.25) is 14.4 Å². The van der Waals surface area contributed by atoms with Crippen molar-refractivity contribution in [3.8, 4) is 5.75 Å². The fraction of sp³-hybridized carbons (Fsp3) is 0.217. The molecule has 0 saturated carbocycles. The van der Waals surface area contributed by atoms with Crippen LogP contribution in [0.15, 0.2) is 60.7 Å². The Morgan fingerprint density at radius 1 is 1.12 bits per heavy atom. The van der Waals surface area contributed by atoms with Gasteiger partial charge in [-0.25, -0.2) is 9.69 Å². The van der Waals surface area contributed by atoms with Gasteiger partial charge in [-0.15, -0.1) is 0 Å². The van der Waals surface area contributed by atoms with E-state index < -0.39 is 29.7 Å². The summed E-state index contributed by atoms with van der Waals surface area (Å²) < 4.78 is 5.13. The Kier molecular flexibility index (Phi) is 7.27. The molecule has 2 aromatic carbocycles. The van der Waals surface area contributed by atoms with E-state index in [9.17, 15) is 19.2 Å². The summed E-state index contributed by atoms with van der Waals surface area (Å²) in [5.74, 6) is -2.27. The number of aliphatic carboxylic acids is 1. The third kappa shape index (κ3) is 5.33. The lowest BCUT2D eigenvalue weighted by atomic mass is 10.1. The highest BCUT2D eigenvalue weighted by Crippen LogP contribution is 2.27. The Labute approximate surface area is 189 Å². The van der Waals surface area contributed by atoms with E-state index in [1.807, 2.05) is 12.1 Å². The number of imide groups is 1. The smallest absolute Gasteiger partial charge is 0.328 e. The minimum atomic E-state index is -1.29. The highest BCUT2D eigenvalue weighted by atomic mass is 35.5. The number of carbonyl (C=O) groups is 4. The van der Waals surface area contributed by atoms with Gasteiger partial charge in [0.1, 0.15) is 11.8 Å². The standard InChI is InChI=1S/C23H21ClN2O6/c1-32-18-8-2-15(3-9-18)12-13-25(20(27)10-11-22(29)30)19-14-21(28)26(23(19)31)17-6-4-16(24)5-7-17/h2-11,19H,12-14H2,1H3,(H,29,30)/b11-10+. The molecule has 3 rings (SSSR count). The maximum absolute atomic E-state index is 13.1. The molecule has 9 heteroatoms. The first-order valence-corrected chi connectivity index (χ1v) is 10.1. The molecule has 1 fully saturated rings. The number of carboxylic acids is 1. The number of nitrogens with zero attached hydrogens (tertiary/aromatic N) is 2. The lowest BCUT2D eigenvalue weighted by Gasteiger charge is -2.26. The predicted octanol–water partition coefficient (Wildman–Crippen LogP) is 2.69. The largest absolute Gasteiger partial charge is 0.497 e. The monoisotopic (exact) mass is 456 g/mol. The molecule has 1 aliphatic rings. The van der Waals surface area contributed by atoms with E-state index in [0.29, 0.717) is 29.0 Å². The number of hydrogen-bond donors (Lipinski definition) is 1. The molecule has 3 amide bonds. The summed E-state index contributed by atoms with van der Waals surface area (Å²) in [5.41, 5.74) is 1.24. The Bertz CT molecular complexity index is 1050. The van der Waals surface area contributed by atoms with Crippen LogP contribution in [0.5, 0.6) is 5.75 Å². The normalized spacial score (nSPS) is 15.9. The van der Waals surface area contributed by atoms with Crippen molar-refractivity contribution in [1.29, 1.82) is 0 Å². The fourth-order valence-electron chi connectivity index (χ4n) is 3.42. The number of halogens is 1. The second-order valence-electron chi connectivity index (χ2n) is 7.07. The molecule has 0 aliphatic carbocycles. The molecule has 0 aromatic heterocycles. The molecule has 0 radical (unpaired) electrons. The number of anilines is 1. The molecular formula is C23H21ClN2O6. The molecule has 166 valence electrons. The van der Waals surface area contributed by atoms with Crippen LogP contribution < -0.4 is 9.64 Å². The molecule has 1 N–H and O–H groups in total. The van der Waals surface area contributed by atoms with Crippen molar-refractivity contribution in [2.24, 2.45) is 0 Å². The first-order valence-electron chi connectivity index (χ1n) is 9.77. The van der Waals surface area contributed by atoms with Gasteiger partial charge in [-0.1, -0.05) is 23.7 Å². The Balaban J connectivity index is 1.83. The lowest BCUT2D eigenvalue weighted by molar-refractivity contribution is -0.135. The molecule has 1 heterocycles. The summed E-state index contributed by atoms with van der Waals surface area (Å²) in [5, 5.41) is 9.32. The average Bonchev–Trinajstić information content (AvgIpc) is 3.07. The summed E-state index contributed by atoms with van der Waals surface area (Å²) in [6, 6.07) is 12.4. The van der Waals surface area contributed by atoms with Crippen LogP contribution in [0.4, 0.5) is 5.69 Å². The van der Waals surface area contributed by atoms with Crippen molar-refractivity contribution < 1.29 is 29.0 Å². The van der Waals surface area contributed by atoms with Crippen LogP contribution in [0.1, 0.15) is 12.0 Å². The number of rotatable bonds is 8. The second-order valence-corrected chi connectivity index (χ2v) is 7.50. The molecule has 0 bridgehead atoms. The zero-order valence-corrected chi connectivity index (χ0v) is 18.0. The average molecular weight is 457 g/mol. The molecule has 1 atom stereocenters. The van der Waals surface area contributed by atoms with Gasteiger partial charge in [0.2, 0.25) is 11.8 Å². The maximum atomic E-state index is 13.1. The topological polar surface area (TPSA) is 104 Å². The minimum absolute atomic E-state index is 0.118. The summed E-state index contributed by atoms with van der Waals surface area (Å²) in [7, 11) is 1.55. The van der Waals surface area contributed by atoms with Gasteiger partial charge in [0.05, 0.1) is 19.2 Å². The molecule has 1 saturated heterocycles. The number of carboxylic acid groups (broad SMARTS) is 1. The van der Waals surface area contributed by atoms with Gasteiger partial charge >= 0.3 is 5.97 Å². The molecule has 0 spiro atoms. The third-order valence-electron chi connectivity index (χ3n) is 5.04. The molecule has 1 unspecified atom stereocenters. The summed E-state index contributed by atoms with van der Waals surface area (Å²) in [6.07, 6.45) is 1.80. The van der Waals surface area contributed by atoms with Gasteiger partial charge in [-0.2, -0.15) is 0 Å². The summed E-state index contributed by atoms with van der Waals surface area (Å²) in [4.78, 5) is 51.6. The van der Waals surface area contributed by atoms with Crippen molar-refractivity contribution in [3.63, 3.8) is 0 Å². The van der Waals surface area contributed by atoms with Gasteiger partial charge < -0.3 is 14.7 Å². The van der Waals surface area contributed by atoms with Crippen LogP contribution >= 0.6 is 11.6 Å². The minimum Gasteiger partial charge on any atom is -0.497 e. The van der Waals surface area contributed by atoms with Gasteiger partial charge in [0.15, 0.2) is 0 Å². The number of hydrogen-bond acceptors (Lipinski definition) is 5. The van der Waals surface area contributed by atoms with Crippen molar-refractivity contribution in [3.05, 3.63) is 71.3 Å². The van der Waals surface area contributed by atoms with Crippen molar-refractivity contribution in [2.45, 2.75) is 18.9 Å². The van der Waals surface area contributed by atoms with Crippen molar-refractivity contribution in [2.75, 3.05) is 18.6 Å².